The minimum Gasteiger partial charge on any atom is -0.356 e. The molecule has 1 fully saturated rings. The number of hydrogen-bond donors (Lipinski definition) is 1. The fourth-order valence-corrected chi connectivity index (χ4v) is 2.83. The van der Waals surface area contributed by atoms with Gasteiger partial charge in [0, 0.05) is 26.1 Å². The quantitative estimate of drug-likeness (QED) is 0.876. The highest BCUT2D eigenvalue weighted by atomic mass is 19.1. The molecule has 23 heavy (non-hydrogen) atoms. The molecule has 126 valence electrons. The summed E-state index contributed by atoms with van der Waals surface area (Å²) in [6.07, 6.45) is 4.20. The lowest BCUT2D eigenvalue weighted by Crippen LogP contribution is -2.41. The Bertz CT molecular complexity index is 540. The number of likely N-dealkylation sites (tertiary alicyclic amines) is 1. The molecule has 2 rings (SSSR count). The summed E-state index contributed by atoms with van der Waals surface area (Å²) >= 11 is 0. The van der Waals surface area contributed by atoms with Crippen LogP contribution in [0, 0.1) is 11.7 Å². The molecule has 2 amide bonds. The molecular weight excluding hydrogens is 295 g/mol. The number of benzene rings is 1. The van der Waals surface area contributed by atoms with Gasteiger partial charge in [-0.15, -0.1) is 0 Å². The number of hydrogen-bond acceptors (Lipinski definition) is 2. The lowest BCUT2D eigenvalue weighted by molar-refractivity contribution is -0.121. The van der Waals surface area contributed by atoms with Gasteiger partial charge in [0.05, 0.1) is 5.56 Å². The van der Waals surface area contributed by atoms with Crippen LogP contribution in [0.3, 0.4) is 0 Å². The van der Waals surface area contributed by atoms with Gasteiger partial charge in [-0.25, -0.2) is 4.39 Å². The number of rotatable bonds is 6. The van der Waals surface area contributed by atoms with Gasteiger partial charge in [0.25, 0.3) is 5.91 Å². The number of halogens is 1. The summed E-state index contributed by atoms with van der Waals surface area (Å²) in [5.74, 6) is -0.210. The minimum atomic E-state index is -0.470. The van der Waals surface area contributed by atoms with Gasteiger partial charge in [0.2, 0.25) is 5.91 Å². The van der Waals surface area contributed by atoms with Gasteiger partial charge in [0.15, 0.2) is 0 Å². The maximum Gasteiger partial charge on any atom is 0.256 e. The number of nitrogens with one attached hydrogen (secondary N) is 1. The van der Waals surface area contributed by atoms with E-state index in [9.17, 15) is 14.0 Å². The average molecular weight is 320 g/mol. The largest absolute Gasteiger partial charge is 0.356 e. The highest BCUT2D eigenvalue weighted by molar-refractivity contribution is 5.94. The molecule has 0 aromatic heterocycles. The average Bonchev–Trinajstić information content (AvgIpc) is 2.58. The van der Waals surface area contributed by atoms with E-state index in [1.54, 1.807) is 17.0 Å². The van der Waals surface area contributed by atoms with Crippen molar-refractivity contribution < 1.29 is 14.0 Å². The van der Waals surface area contributed by atoms with E-state index in [2.05, 4.69) is 12.2 Å². The Morgan fingerprint density at radius 2 is 1.96 bits per heavy atom. The fourth-order valence-electron chi connectivity index (χ4n) is 2.83. The number of carbonyl (C=O) groups is 2. The number of unbranched alkanes of at least 4 members (excludes halogenated alkanes) is 1. The van der Waals surface area contributed by atoms with Crippen molar-refractivity contribution in [1.29, 1.82) is 0 Å². The molecule has 0 unspecified atom stereocenters. The van der Waals surface area contributed by atoms with E-state index in [0.717, 1.165) is 25.7 Å². The van der Waals surface area contributed by atoms with Crippen LogP contribution < -0.4 is 5.32 Å². The molecule has 0 atom stereocenters. The highest BCUT2D eigenvalue weighted by Gasteiger charge is 2.25. The van der Waals surface area contributed by atoms with Gasteiger partial charge in [-0.3, -0.25) is 9.59 Å². The van der Waals surface area contributed by atoms with E-state index < -0.39 is 5.82 Å². The Kier molecular flexibility index (Phi) is 6.56. The van der Waals surface area contributed by atoms with Crippen molar-refractivity contribution in [3.8, 4) is 0 Å². The molecule has 1 heterocycles. The van der Waals surface area contributed by atoms with Crippen LogP contribution in [0.5, 0.6) is 0 Å². The molecule has 4 nitrogen and oxygen atoms in total. The summed E-state index contributed by atoms with van der Waals surface area (Å²) in [6, 6.07) is 6.10. The molecule has 1 saturated heterocycles. The Labute approximate surface area is 137 Å². The summed E-state index contributed by atoms with van der Waals surface area (Å²) in [5.41, 5.74) is 0.138. The standard InChI is InChI=1S/C18H25FN2O2/c1-2-3-8-17(22)20-13-14-9-11-21(12-10-14)18(23)15-6-4-5-7-16(15)19/h4-7,14H,2-3,8-13H2,1H3,(H,20,22). The first-order valence-corrected chi connectivity index (χ1v) is 8.42. The third-order valence-electron chi connectivity index (χ3n) is 4.35. The van der Waals surface area contributed by atoms with Crippen molar-refractivity contribution in [2.45, 2.75) is 39.0 Å². The highest BCUT2D eigenvalue weighted by Crippen LogP contribution is 2.19. The van der Waals surface area contributed by atoms with E-state index in [-0.39, 0.29) is 17.4 Å². The zero-order valence-corrected chi connectivity index (χ0v) is 13.7. The molecule has 1 aliphatic rings. The van der Waals surface area contributed by atoms with Crippen molar-refractivity contribution in [3.05, 3.63) is 35.6 Å². The second kappa shape index (κ2) is 8.65. The topological polar surface area (TPSA) is 49.4 Å². The summed E-state index contributed by atoms with van der Waals surface area (Å²) < 4.78 is 13.7. The predicted molar refractivity (Wildman–Crippen MR) is 87.6 cm³/mol. The molecule has 5 heteroatoms. The van der Waals surface area contributed by atoms with Gasteiger partial charge in [-0.05, 0) is 37.3 Å². The van der Waals surface area contributed by atoms with Gasteiger partial charge >= 0.3 is 0 Å². The Balaban J connectivity index is 1.77. The van der Waals surface area contributed by atoms with Crippen molar-refractivity contribution in [2.24, 2.45) is 5.92 Å². The molecule has 1 aromatic rings. The molecule has 1 N–H and O–H groups in total. The normalized spacial score (nSPS) is 15.5. The van der Waals surface area contributed by atoms with E-state index in [1.807, 2.05) is 0 Å². The number of piperidine rings is 1. The van der Waals surface area contributed by atoms with Crippen LogP contribution in [0.1, 0.15) is 49.4 Å². The molecular formula is C18H25FN2O2. The first kappa shape index (κ1) is 17.4. The maximum atomic E-state index is 13.7. The summed E-state index contributed by atoms with van der Waals surface area (Å²) in [6.45, 7) is 3.96. The minimum absolute atomic E-state index is 0.108. The van der Waals surface area contributed by atoms with Crippen LogP contribution in [0.4, 0.5) is 4.39 Å². The smallest absolute Gasteiger partial charge is 0.256 e. The van der Waals surface area contributed by atoms with E-state index in [4.69, 9.17) is 0 Å². The predicted octanol–water partition coefficient (Wildman–Crippen LogP) is 2.98. The third-order valence-corrected chi connectivity index (χ3v) is 4.35. The molecule has 1 aromatic carbocycles. The van der Waals surface area contributed by atoms with Gasteiger partial charge in [0.1, 0.15) is 5.82 Å². The van der Waals surface area contributed by atoms with Crippen molar-refractivity contribution in [3.63, 3.8) is 0 Å². The first-order chi connectivity index (χ1) is 11.1. The first-order valence-electron chi connectivity index (χ1n) is 8.42. The van der Waals surface area contributed by atoms with Crippen molar-refractivity contribution >= 4 is 11.8 Å². The van der Waals surface area contributed by atoms with Gasteiger partial charge in [-0.2, -0.15) is 0 Å². The van der Waals surface area contributed by atoms with Crippen molar-refractivity contribution in [1.82, 2.24) is 10.2 Å². The number of carbonyl (C=O) groups excluding carboxylic acids is 2. The fraction of sp³-hybridized carbons (Fsp3) is 0.556. The second-order valence-electron chi connectivity index (χ2n) is 6.12. The monoisotopic (exact) mass is 320 g/mol. The zero-order chi connectivity index (χ0) is 16.7. The summed E-state index contributed by atoms with van der Waals surface area (Å²) in [5, 5.41) is 2.97. The Hall–Kier alpha value is -1.91. The molecule has 0 saturated carbocycles. The lowest BCUT2D eigenvalue weighted by atomic mass is 9.96. The number of nitrogens with zero attached hydrogens (tertiary/aromatic N) is 1. The van der Waals surface area contributed by atoms with Gasteiger partial charge < -0.3 is 10.2 Å². The molecule has 0 aliphatic carbocycles. The molecule has 0 bridgehead atoms. The second-order valence-corrected chi connectivity index (χ2v) is 6.12. The lowest BCUT2D eigenvalue weighted by Gasteiger charge is -2.32. The van der Waals surface area contributed by atoms with E-state index >= 15 is 0 Å². The summed E-state index contributed by atoms with van der Waals surface area (Å²) in [4.78, 5) is 25.7. The summed E-state index contributed by atoms with van der Waals surface area (Å²) in [7, 11) is 0. The SMILES string of the molecule is CCCCC(=O)NCC1CCN(C(=O)c2ccccc2F)CC1. The van der Waals surface area contributed by atoms with Gasteiger partial charge in [-0.1, -0.05) is 25.5 Å². The Morgan fingerprint density at radius 1 is 1.26 bits per heavy atom. The van der Waals surface area contributed by atoms with E-state index in [1.165, 1.54) is 12.1 Å². The molecule has 1 aliphatic heterocycles. The molecule has 0 spiro atoms. The van der Waals surface area contributed by atoms with Crippen LogP contribution in [-0.4, -0.2) is 36.3 Å². The van der Waals surface area contributed by atoms with E-state index in [0.29, 0.717) is 32.0 Å². The maximum absolute atomic E-state index is 13.7. The Morgan fingerprint density at radius 3 is 2.61 bits per heavy atom. The third kappa shape index (κ3) is 5.05. The number of amides is 2. The van der Waals surface area contributed by atoms with Crippen LogP contribution >= 0.6 is 0 Å². The van der Waals surface area contributed by atoms with Crippen LogP contribution in [0.25, 0.3) is 0 Å². The van der Waals surface area contributed by atoms with Crippen molar-refractivity contribution in [2.75, 3.05) is 19.6 Å². The van der Waals surface area contributed by atoms with Crippen LogP contribution in [-0.2, 0) is 4.79 Å². The zero-order valence-electron chi connectivity index (χ0n) is 13.7. The molecule has 0 radical (unpaired) electrons. The van der Waals surface area contributed by atoms with Crippen LogP contribution in [0.15, 0.2) is 24.3 Å². The van der Waals surface area contributed by atoms with Crippen LogP contribution in [0.2, 0.25) is 0 Å².